The van der Waals surface area contributed by atoms with E-state index in [0.717, 1.165) is 0 Å². The van der Waals surface area contributed by atoms with Crippen LogP contribution >= 0.6 is 0 Å². The van der Waals surface area contributed by atoms with Crippen molar-refractivity contribution < 1.29 is 38.3 Å². The van der Waals surface area contributed by atoms with Gasteiger partial charge in [0.1, 0.15) is 12.2 Å². The second kappa shape index (κ2) is 3.31. The second-order valence-electron chi connectivity index (χ2n) is 3.02. The van der Waals surface area contributed by atoms with Crippen LogP contribution in [0, 0.1) is 0 Å². The van der Waals surface area contributed by atoms with E-state index in [0.29, 0.717) is 0 Å². The predicted molar refractivity (Wildman–Crippen MR) is 35.0 cm³/mol. The summed E-state index contributed by atoms with van der Waals surface area (Å²) in [5.74, 6) is 0. The minimum absolute atomic E-state index is 0.680. The zero-order valence-corrected chi connectivity index (χ0v) is 6.77. The van der Waals surface area contributed by atoms with Gasteiger partial charge in [0.2, 0.25) is 5.60 Å². The van der Waals surface area contributed by atoms with Crippen LogP contribution in [0.25, 0.3) is 0 Å². The van der Waals surface area contributed by atoms with Crippen molar-refractivity contribution in [2.24, 2.45) is 0 Å². The third-order valence-electron chi connectivity index (χ3n) is 2.07. The van der Waals surface area contributed by atoms with E-state index in [1.54, 1.807) is 0 Å². The van der Waals surface area contributed by atoms with E-state index in [-0.39, 0.29) is 0 Å². The smallest absolute Gasteiger partial charge is 0.388 e. The number of halogens is 3. The first-order chi connectivity index (χ1) is 6.21. The molecule has 1 saturated heterocycles. The predicted octanol–water partition coefficient (Wildman–Crippen LogP) is -1.65. The standard InChI is InChI=1S/C6H9F3O5/c7-6(8,9)5(13)3(11)2(10)1-14-4(5)12/h2-4,10-13H,1H2/t2-,3-,4+,5+/m1/s1. The average Bonchev–Trinajstić information content (AvgIpc) is 2.06. The van der Waals surface area contributed by atoms with Crippen molar-refractivity contribution in [3.63, 3.8) is 0 Å². The summed E-state index contributed by atoms with van der Waals surface area (Å²) in [6.07, 6.45) is -12.3. The van der Waals surface area contributed by atoms with Crippen molar-refractivity contribution in [2.45, 2.75) is 30.3 Å². The lowest BCUT2D eigenvalue weighted by Crippen LogP contribution is -2.69. The molecule has 0 spiro atoms. The van der Waals surface area contributed by atoms with E-state index in [9.17, 15) is 13.2 Å². The molecular formula is C6H9F3O5. The number of ether oxygens (including phenoxy) is 1. The van der Waals surface area contributed by atoms with Crippen LogP contribution in [-0.4, -0.2) is 57.3 Å². The largest absolute Gasteiger partial charge is 0.424 e. The molecule has 14 heavy (non-hydrogen) atoms. The Balaban J connectivity index is 3.02. The third-order valence-corrected chi connectivity index (χ3v) is 2.07. The first-order valence-electron chi connectivity index (χ1n) is 3.66. The van der Waals surface area contributed by atoms with Gasteiger partial charge in [0.15, 0.2) is 6.29 Å². The van der Waals surface area contributed by atoms with Gasteiger partial charge in [-0.2, -0.15) is 13.2 Å². The maximum absolute atomic E-state index is 12.2. The van der Waals surface area contributed by atoms with E-state index < -0.39 is 36.9 Å². The van der Waals surface area contributed by atoms with Crippen LogP contribution in [0.15, 0.2) is 0 Å². The van der Waals surface area contributed by atoms with Crippen LogP contribution in [-0.2, 0) is 4.74 Å². The van der Waals surface area contributed by atoms with Gasteiger partial charge >= 0.3 is 6.18 Å². The summed E-state index contributed by atoms with van der Waals surface area (Å²) in [7, 11) is 0. The lowest BCUT2D eigenvalue weighted by atomic mass is 9.89. The van der Waals surface area contributed by atoms with E-state index in [2.05, 4.69) is 4.74 Å². The molecular weight excluding hydrogens is 209 g/mol. The van der Waals surface area contributed by atoms with E-state index in [1.807, 2.05) is 0 Å². The number of hydrogen-bond donors (Lipinski definition) is 4. The molecule has 1 rings (SSSR count). The molecule has 0 saturated carbocycles. The first kappa shape index (κ1) is 11.7. The highest BCUT2D eigenvalue weighted by atomic mass is 19.4. The Morgan fingerprint density at radius 2 is 1.71 bits per heavy atom. The van der Waals surface area contributed by atoms with Gasteiger partial charge in [-0.25, -0.2) is 0 Å². The van der Waals surface area contributed by atoms with Crippen molar-refractivity contribution in [1.82, 2.24) is 0 Å². The molecule has 0 aliphatic carbocycles. The van der Waals surface area contributed by atoms with Crippen molar-refractivity contribution >= 4 is 0 Å². The quantitative estimate of drug-likeness (QED) is 0.391. The van der Waals surface area contributed by atoms with Gasteiger partial charge in [0.05, 0.1) is 6.61 Å². The Labute approximate surface area is 76.3 Å². The summed E-state index contributed by atoms with van der Waals surface area (Å²) in [4.78, 5) is 0. The van der Waals surface area contributed by atoms with Crippen molar-refractivity contribution in [3.8, 4) is 0 Å². The lowest BCUT2D eigenvalue weighted by molar-refractivity contribution is -0.390. The Bertz CT molecular complexity index is 220. The molecule has 4 atom stereocenters. The first-order valence-corrected chi connectivity index (χ1v) is 3.66. The molecule has 0 bridgehead atoms. The Morgan fingerprint density at radius 1 is 1.21 bits per heavy atom. The molecule has 8 heteroatoms. The second-order valence-corrected chi connectivity index (χ2v) is 3.02. The monoisotopic (exact) mass is 218 g/mol. The topological polar surface area (TPSA) is 90.2 Å². The maximum atomic E-state index is 12.2. The fraction of sp³-hybridized carbons (Fsp3) is 1.00. The Hall–Kier alpha value is -0.410. The molecule has 0 aromatic heterocycles. The summed E-state index contributed by atoms with van der Waals surface area (Å²) in [5, 5.41) is 35.6. The molecule has 0 unspecified atom stereocenters. The fourth-order valence-electron chi connectivity index (χ4n) is 1.16. The molecule has 0 aromatic rings. The summed E-state index contributed by atoms with van der Waals surface area (Å²) >= 11 is 0. The van der Waals surface area contributed by atoms with Crippen molar-refractivity contribution in [2.75, 3.05) is 6.61 Å². The summed E-state index contributed by atoms with van der Waals surface area (Å²) < 4.78 is 40.8. The minimum atomic E-state index is -5.30. The molecule has 1 aliphatic heterocycles. The highest BCUT2D eigenvalue weighted by Gasteiger charge is 2.67. The van der Waals surface area contributed by atoms with Crippen LogP contribution in [0.3, 0.4) is 0 Å². The van der Waals surface area contributed by atoms with Crippen LogP contribution in [0.4, 0.5) is 13.2 Å². The van der Waals surface area contributed by atoms with Crippen molar-refractivity contribution in [3.05, 3.63) is 0 Å². The molecule has 0 amide bonds. The maximum Gasteiger partial charge on any atom is 0.424 e. The van der Waals surface area contributed by atoms with Gasteiger partial charge in [-0.1, -0.05) is 0 Å². The van der Waals surface area contributed by atoms with Gasteiger partial charge in [0.25, 0.3) is 0 Å². The number of aliphatic hydroxyl groups is 4. The van der Waals surface area contributed by atoms with Gasteiger partial charge in [-0.05, 0) is 0 Å². The van der Waals surface area contributed by atoms with Gasteiger partial charge in [-0.15, -0.1) is 0 Å². The molecule has 1 fully saturated rings. The van der Waals surface area contributed by atoms with Crippen LogP contribution in [0.5, 0.6) is 0 Å². The number of aliphatic hydroxyl groups excluding tert-OH is 3. The van der Waals surface area contributed by atoms with Gasteiger partial charge in [0, 0.05) is 0 Å². The Morgan fingerprint density at radius 3 is 2.07 bits per heavy atom. The van der Waals surface area contributed by atoms with Crippen LogP contribution in [0.1, 0.15) is 0 Å². The summed E-state index contributed by atoms with van der Waals surface area (Å²) in [6.45, 7) is -0.680. The SMILES string of the molecule is O[C@@H]1CO[C@H](O)[C@](O)(C(F)(F)F)[C@@H]1O. The summed E-state index contributed by atoms with van der Waals surface area (Å²) in [5.41, 5.74) is -3.86. The Kier molecular flexibility index (Phi) is 2.76. The molecule has 1 aliphatic rings. The lowest BCUT2D eigenvalue weighted by Gasteiger charge is -2.43. The van der Waals surface area contributed by atoms with Gasteiger partial charge < -0.3 is 25.2 Å². The minimum Gasteiger partial charge on any atom is -0.388 e. The molecule has 1 heterocycles. The number of alkyl halides is 3. The average molecular weight is 218 g/mol. The highest BCUT2D eigenvalue weighted by molar-refractivity contribution is 5.01. The third kappa shape index (κ3) is 1.48. The highest BCUT2D eigenvalue weighted by Crippen LogP contribution is 2.39. The van der Waals surface area contributed by atoms with E-state index in [1.165, 1.54) is 0 Å². The van der Waals surface area contributed by atoms with E-state index >= 15 is 0 Å². The zero-order valence-electron chi connectivity index (χ0n) is 6.77. The normalized spacial score (nSPS) is 45.2. The molecule has 84 valence electrons. The molecule has 0 aromatic carbocycles. The zero-order chi connectivity index (χ0) is 11.1. The fourth-order valence-corrected chi connectivity index (χ4v) is 1.16. The van der Waals surface area contributed by atoms with Crippen LogP contribution in [0.2, 0.25) is 0 Å². The van der Waals surface area contributed by atoms with E-state index in [4.69, 9.17) is 20.4 Å². The molecule has 0 radical (unpaired) electrons. The molecule has 5 nitrogen and oxygen atoms in total. The number of hydrogen-bond acceptors (Lipinski definition) is 5. The van der Waals surface area contributed by atoms with Crippen molar-refractivity contribution in [1.29, 1.82) is 0 Å². The van der Waals surface area contributed by atoms with Crippen LogP contribution < -0.4 is 0 Å². The summed E-state index contributed by atoms with van der Waals surface area (Å²) in [6, 6.07) is 0. The van der Waals surface area contributed by atoms with Gasteiger partial charge in [-0.3, -0.25) is 0 Å². The number of rotatable bonds is 0. The molecule has 4 N–H and O–H groups in total.